The van der Waals surface area contributed by atoms with Crippen molar-refractivity contribution >= 4 is 16.0 Å². The lowest BCUT2D eigenvalue weighted by atomic mass is 9.99. The Bertz CT molecular complexity index is 595. The van der Waals surface area contributed by atoms with Crippen molar-refractivity contribution in [2.24, 2.45) is 11.8 Å². The van der Waals surface area contributed by atoms with Crippen molar-refractivity contribution < 1.29 is 23.4 Å². The first-order valence-electron chi connectivity index (χ1n) is 6.21. The van der Waals surface area contributed by atoms with Crippen LogP contribution in [0.15, 0.2) is 23.1 Å². The molecule has 0 aliphatic carbocycles. The Morgan fingerprint density at radius 1 is 1.30 bits per heavy atom. The summed E-state index contributed by atoms with van der Waals surface area (Å²) in [5, 5.41) is 18.2. The molecule has 1 rings (SSSR count). The lowest BCUT2D eigenvalue weighted by Gasteiger charge is -2.16. The van der Waals surface area contributed by atoms with E-state index in [9.17, 15) is 18.3 Å². The van der Waals surface area contributed by atoms with Gasteiger partial charge in [0, 0.05) is 6.54 Å². The fraction of sp³-hybridized carbons (Fsp3) is 0.462. The first-order chi connectivity index (χ1) is 9.15. The van der Waals surface area contributed by atoms with Gasteiger partial charge in [0.05, 0.1) is 4.90 Å². The van der Waals surface area contributed by atoms with Crippen LogP contribution in [-0.4, -0.2) is 31.1 Å². The quantitative estimate of drug-likeness (QED) is 0.741. The predicted octanol–water partition coefficient (Wildman–Crippen LogP) is 1.66. The summed E-state index contributed by atoms with van der Waals surface area (Å²) in [7, 11) is -3.79. The van der Waals surface area contributed by atoms with Gasteiger partial charge in [-0.25, -0.2) is 17.9 Å². The number of nitrogens with one attached hydrogen (secondary N) is 1. The number of hydrogen-bond donors (Lipinski definition) is 3. The van der Waals surface area contributed by atoms with Gasteiger partial charge in [0.25, 0.3) is 0 Å². The number of benzene rings is 1. The SMILES string of the molecule is CC(C)C(C)CNS(=O)(=O)c1ccc(O)c(C(=O)O)c1. The summed E-state index contributed by atoms with van der Waals surface area (Å²) >= 11 is 0. The van der Waals surface area contributed by atoms with E-state index in [1.54, 1.807) is 0 Å². The Morgan fingerprint density at radius 2 is 1.90 bits per heavy atom. The van der Waals surface area contributed by atoms with Gasteiger partial charge in [-0.3, -0.25) is 0 Å². The molecule has 0 radical (unpaired) electrons. The fourth-order valence-corrected chi connectivity index (χ4v) is 2.58. The molecule has 0 saturated heterocycles. The summed E-state index contributed by atoms with van der Waals surface area (Å²) in [6.45, 7) is 6.17. The van der Waals surface area contributed by atoms with Crippen LogP contribution in [0, 0.1) is 11.8 Å². The van der Waals surface area contributed by atoms with Crippen LogP contribution in [0.5, 0.6) is 5.75 Å². The maximum atomic E-state index is 12.1. The van der Waals surface area contributed by atoms with Crippen LogP contribution in [-0.2, 0) is 10.0 Å². The molecule has 0 bridgehead atoms. The third-order valence-corrected chi connectivity index (χ3v) is 4.66. The van der Waals surface area contributed by atoms with Crippen molar-refractivity contribution in [1.29, 1.82) is 0 Å². The molecule has 3 N–H and O–H groups in total. The normalized spacial score (nSPS) is 13.4. The summed E-state index contributed by atoms with van der Waals surface area (Å²) in [6, 6.07) is 3.17. The van der Waals surface area contributed by atoms with Crippen molar-refractivity contribution in [3.8, 4) is 5.75 Å². The number of sulfonamides is 1. The maximum Gasteiger partial charge on any atom is 0.339 e. The molecule has 1 aromatic carbocycles. The molecule has 1 unspecified atom stereocenters. The van der Waals surface area contributed by atoms with Crippen molar-refractivity contribution in [3.63, 3.8) is 0 Å². The number of rotatable bonds is 6. The van der Waals surface area contributed by atoms with E-state index < -0.39 is 27.3 Å². The summed E-state index contributed by atoms with van der Waals surface area (Å²) in [6.07, 6.45) is 0. The first kappa shape index (κ1) is 16.5. The largest absolute Gasteiger partial charge is 0.507 e. The van der Waals surface area contributed by atoms with Gasteiger partial charge in [0.15, 0.2) is 0 Å². The molecular weight excluding hydrogens is 282 g/mol. The molecule has 0 spiro atoms. The average Bonchev–Trinajstić information content (AvgIpc) is 2.35. The molecule has 6 nitrogen and oxygen atoms in total. The second-order valence-electron chi connectivity index (χ2n) is 5.06. The van der Waals surface area contributed by atoms with E-state index in [-0.39, 0.29) is 17.4 Å². The highest BCUT2D eigenvalue weighted by Gasteiger charge is 2.20. The molecule has 1 aromatic rings. The number of hydrogen-bond acceptors (Lipinski definition) is 4. The van der Waals surface area contributed by atoms with Gasteiger partial charge in [0.2, 0.25) is 10.0 Å². The monoisotopic (exact) mass is 301 g/mol. The van der Waals surface area contributed by atoms with Crippen molar-refractivity contribution in [1.82, 2.24) is 4.72 Å². The zero-order chi connectivity index (χ0) is 15.5. The molecular formula is C13H19NO5S. The number of aromatic hydroxyl groups is 1. The van der Waals surface area contributed by atoms with Gasteiger partial charge in [-0.1, -0.05) is 20.8 Å². The van der Waals surface area contributed by atoms with E-state index in [0.29, 0.717) is 5.92 Å². The Morgan fingerprint density at radius 3 is 2.40 bits per heavy atom. The van der Waals surface area contributed by atoms with E-state index in [2.05, 4.69) is 4.72 Å². The van der Waals surface area contributed by atoms with E-state index >= 15 is 0 Å². The molecule has 112 valence electrons. The second-order valence-corrected chi connectivity index (χ2v) is 6.82. The topological polar surface area (TPSA) is 104 Å². The molecule has 0 heterocycles. The molecule has 7 heteroatoms. The Balaban J connectivity index is 2.99. The van der Waals surface area contributed by atoms with Crippen LogP contribution in [0.1, 0.15) is 31.1 Å². The minimum Gasteiger partial charge on any atom is -0.507 e. The number of carbonyl (C=O) groups is 1. The van der Waals surface area contributed by atoms with Crippen LogP contribution in [0.25, 0.3) is 0 Å². The van der Waals surface area contributed by atoms with Gasteiger partial charge < -0.3 is 10.2 Å². The molecule has 0 aliphatic heterocycles. The van der Waals surface area contributed by atoms with Crippen LogP contribution in [0.3, 0.4) is 0 Å². The Labute approximate surface area is 118 Å². The number of carboxylic acid groups (broad SMARTS) is 1. The Kier molecular flexibility index (Phi) is 5.13. The summed E-state index contributed by atoms with van der Waals surface area (Å²) in [5.74, 6) is -1.37. The van der Waals surface area contributed by atoms with Gasteiger partial charge in [-0.05, 0) is 30.0 Å². The number of phenols is 1. The fourth-order valence-electron chi connectivity index (χ4n) is 1.41. The average molecular weight is 301 g/mol. The molecule has 0 fully saturated rings. The first-order valence-corrected chi connectivity index (χ1v) is 7.69. The summed E-state index contributed by atoms with van der Waals surface area (Å²) in [4.78, 5) is 10.7. The lowest BCUT2D eigenvalue weighted by Crippen LogP contribution is -2.30. The van der Waals surface area contributed by atoms with Crippen LogP contribution in [0.2, 0.25) is 0 Å². The van der Waals surface area contributed by atoms with E-state index in [1.165, 1.54) is 6.07 Å². The molecule has 20 heavy (non-hydrogen) atoms. The van der Waals surface area contributed by atoms with Gasteiger partial charge >= 0.3 is 5.97 Å². The summed E-state index contributed by atoms with van der Waals surface area (Å²) < 4.78 is 26.6. The third-order valence-electron chi connectivity index (χ3n) is 3.24. The van der Waals surface area contributed by atoms with Crippen molar-refractivity contribution in [2.75, 3.05) is 6.54 Å². The predicted molar refractivity (Wildman–Crippen MR) is 74.3 cm³/mol. The smallest absolute Gasteiger partial charge is 0.339 e. The van der Waals surface area contributed by atoms with Crippen molar-refractivity contribution in [3.05, 3.63) is 23.8 Å². The molecule has 0 amide bonds. The Hall–Kier alpha value is -1.60. The zero-order valence-electron chi connectivity index (χ0n) is 11.6. The highest BCUT2D eigenvalue weighted by molar-refractivity contribution is 7.89. The van der Waals surface area contributed by atoms with Crippen LogP contribution >= 0.6 is 0 Å². The summed E-state index contributed by atoms with van der Waals surface area (Å²) in [5.41, 5.74) is -0.440. The standard InChI is InChI=1S/C13H19NO5S/c1-8(2)9(3)7-14-20(18,19)10-4-5-12(15)11(6-10)13(16)17/h4-6,8-9,14-15H,7H2,1-3H3,(H,16,17). The number of aromatic carboxylic acids is 1. The molecule has 0 aromatic heterocycles. The van der Waals surface area contributed by atoms with Crippen LogP contribution in [0.4, 0.5) is 0 Å². The highest BCUT2D eigenvalue weighted by Crippen LogP contribution is 2.21. The van der Waals surface area contributed by atoms with Crippen LogP contribution < -0.4 is 4.72 Å². The van der Waals surface area contributed by atoms with E-state index in [0.717, 1.165) is 12.1 Å². The molecule has 0 saturated carbocycles. The minimum atomic E-state index is -3.79. The maximum absolute atomic E-state index is 12.1. The molecule has 0 aliphatic rings. The minimum absolute atomic E-state index is 0.154. The number of carboxylic acids is 1. The van der Waals surface area contributed by atoms with E-state index in [1.807, 2.05) is 20.8 Å². The second kappa shape index (κ2) is 6.23. The molecule has 1 atom stereocenters. The van der Waals surface area contributed by atoms with E-state index in [4.69, 9.17) is 5.11 Å². The van der Waals surface area contributed by atoms with Gasteiger partial charge in [0.1, 0.15) is 11.3 Å². The zero-order valence-corrected chi connectivity index (χ0v) is 12.4. The highest BCUT2D eigenvalue weighted by atomic mass is 32.2. The van der Waals surface area contributed by atoms with Crippen molar-refractivity contribution in [2.45, 2.75) is 25.7 Å². The van der Waals surface area contributed by atoms with Gasteiger partial charge in [-0.2, -0.15) is 0 Å². The third kappa shape index (κ3) is 3.94. The van der Waals surface area contributed by atoms with Gasteiger partial charge in [-0.15, -0.1) is 0 Å². The lowest BCUT2D eigenvalue weighted by molar-refractivity contribution is 0.0693.